The van der Waals surface area contributed by atoms with Gasteiger partial charge in [-0.15, -0.1) is 21.5 Å². The van der Waals surface area contributed by atoms with Crippen LogP contribution in [0.5, 0.6) is 5.75 Å². The second-order valence-electron chi connectivity index (χ2n) is 8.53. The number of anilines is 1. The number of aromatic nitrogens is 3. The van der Waals surface area contributed by atoms with E-state index in [0.717, 1.165) is 22.5 Å². The van der Waals surface area contributed by atoms with E-state index in [4.69, 9.17) is 26.8 Å². The number of ether oxygens (including phenoxy) is 2. The summed E-state index contributed by atoms with van der Waals surface area (Å²) in [5.74, 6) is -0.480. The molecule has 0 atom stereocenters. The zero-order valence-corrected chi connectivity index (χ0v) is 23.7. The van der Waals surface area contributed by atoms with E-state index >= 15 is 0 Å². The van der Waals surface area contributed by atoms with Crippen LogP contribution < -0.4 is 15.8 Å². The van der Waals surface area contributed by atoms with Gasteiger partial charge in [0.1, 0.15) is 17.4 Å². The maximum atomic E-state index is 12.7. The third kappa shape index (κ3) is 6.82. The van der Waals surface area contributed by atoms with Gasteiger partial charge in [0.15, 0.2) is 11.0 Å². The maximum Gasteiger partial charge on any atom is 0.341 e. The Labute approximate surface area is 227 Å². The van der Waals surface area contributed by atoms with Crippen molar-refractivity contribution in [1.29, 1.82) is 0 Å². The highest BCUT2D eigenvalue weighted by atomic mass is 35.5. The molecule has 0 radical (unpaired) electrons. The van der Waals surface area contributed by atoms with Crippen LogP contribution in [0.4, 0.5) is 5.00 Å². The fourth-order valence-electron chi connectivity index (χ4n) is 3.38. The first-order chi connectivity index (χ1) is 17.4. The predicted molar refractivity (Wildman–Crippen MR) is 144 cm³/mol. The van der Waals surface area contributed by atoms with Gasteiger partial charge in [0.05, 0.1) is 22.3 Å². The highest BCUT2D eigenvalue weighted by molar-refractivity contribution is 7.99. The van der Waals surface area contributed by atoms with E-state index in [1.54, 1.807) is 32.4 Å². The Morgan fingerprint density at radius 2 is 1.84 bits per heavy atom. The van der Waals surface area contributed by atoms with Gasteiger partial charge in [0.25, 0.3) is 5.91 Å². The van der Waals surface area contributed by atoms with Crippen molar-refractivity contribution in [3.8, 4) is 5.75 Å². The first-order valence-electron chi connectivity index (χ1n) is 11.2. The Bertz CT molecular complexity index is 1330. The molecular formula is C24H28ClN5O5S2. The quantitative estimate of drug-likeness (QED) is 0.272. The van der Waals surface area contributed by atoms with Crippen molar-refractivity contribution >= 4 is 57.5 Å². The lowest BCUT2D eigenvalue weighted by Gasteiger charge is -2.10. The summed E-state index contributed by atoms with van der Waals surface area (Å²) in [6, 6.07) is 3.71. The minimum Gasteiger partial charge on any atom is -0.486 e. The molecule has 0 aliphatic rings. The highest BCUT2D eigenvalue weighted by Crippen LogP contribution is 2.34. The molecule has 0 fully saturated rings. The molecule has 3 N–H and O–H groups in total. The van der Waals surface area contributed by atoms with Crippen LogP contribution in [0.2, 0.25) is 5.02 Å². The zero-order chi connectivity index (χ0) is 27.4. The normalized spacial score (nSPS) is 11.0. The number of halogens is 1. The summed E-state index contributed by atoms with van der Waals surface area (Å²) in [7, 11) is 1.78. The molecule has 2 amide bonds. The van der Waals surface area contributed by atoms with Crippen LogP contribution in [-0.2, 0) is 23.2 Å². The number of rotatable bonds is 10. The first kappa shape index (κ1) is 28.5. The molecule has 0 saturated carbocycles. The van der Waals surface area contributed by atoms with Gasteiger partial charge in [-0.1, -0.05) is 23.4 Å². The van der Waals surface area contributed by atoms with Gasteiger partial charge in [-0.25, -0.2) is 4.79 Å². The molecular weight excluding hydrogens is 538 g/mol. The number of nitrogens with two attached hydrogens (primary N) is 1. The number of nitrogens with one attached hydrogen (secondary N) is 1. The molecule has 3 aromatic rings. The second-order valence-corrected chi connectivity index (χ2v) is 10.9. The molecule has 3 rings (SSSR count). The summed E-state index contributed by atoms with van der Waals surface area (Å²) in [6.45, 7) is 9.01. The lowest BCUT2D eigenvalue weighted by molar-refractivity contribution is -0.113. The smallest absolute Gasteiger partial charge is 0.341 e. The Hall–Kier alpha value is -3.09. The summed E-state index contributed by atoms with van der Waals surface area (Å²) >= 11 is 8.32. The molecule has 0 aliphatic heterocycles. The Morgan fingerprint density at radius 1 is 1.19 bits per heavy atom. The van der Waals surface area contributed by atoms with E-state index in [0.29, 0.717) is 27.3 Å². The van der Waals surface area contributed by atoms with E-state index in [-0.39, 0.29) is 33.9 Å². The van der Waals surface area contributed by atoms with Crippen LogP contribution in [0.3, 0.4) is 0 Å². The van der Waals surface area contributed by atoms with Gasteiger partial charge in [0.2, 0.25) is 5.91 Å². The summed E-state index contributed by atoms with van der Waals surface area (Å²) in [5, 5.41) is 12.4. The third-order valence-corrected chi connectivity index (χ3v) is 8.04. The number of aryl methyl sites for hydroxylation is 2. The van der Waals surface area contributed by atoms with Crippen LogP contribution in [0.1, 0.15) is 56.4 Å². The van der Waals surface area contributed by atoms with Gasteiger partial charge < -0.3 is 25.1 Å². The number of hydrogen-bond acceptors (Lipinski definition) is 9. The monoisotopic (exact) mass is 565 g/mol. The fraction of sp³-hybridized carbons (Fsp3) is 0.375. The summed E-state index contributed by atoms with van der Waals surface area (Å²) in [5.41, 5.74) is 7.76. The number of nitrogens with zero attached hydrogens (tertiary/aromatic N) is 3. The number of benzene rings is 1. The van der Waals surface area contributed by atoms with E-state index in [1.807, 2.05) is 26.0 Å². The lowest BCUT2D eigenvalue weighted by Crippen LogP contribution is -2.18. The van der Waals surface area contributed by atoms with Crippen molar-refractivity contribution in [3.05, 3.63) is 50.1 Å². The molecule has 1 aromatic carbocycles. The Balaban J connectivity index is 1.66. The van der Waals surface area contributed by atoms with Crippen molar-refractivity contribution < 1.29 is 23.9 Å². The molecule has 0 spiro atoms. The molecule has 13 heteroatoms. The average molecular weight is 566 g/mol. The number of hydrogen-bond donors (Lipinski definition) is 2. The summed E-state index contributed by atoms with van der Waals surface area (Å²) in [4.78, 5) is 37.3. The molecule has 0 saturated heterocycles. The first-order valence-corrected chi connectivity index (χ1v) is 13.4. The van der Waals surface area contributed by atoms with Crippen molar-refractivity contribution in [2.45, 2.75) is 52.5 Å². The number of esters is 1. The van der Waals surface area contributed by atoms with Gasteiger partial charge in [-0.2, -0.15) is 0 Å². The largest absolute Gasteiger partial charge is 0.486 e. The second kappa shape index (κ2) is 12.0. The number of carbonyl (C=O) groups excluding carboxylic acids is 3. The minimum absolute atomic E-state index is 0.01000. The van der Waals surface area contributed by atoms with Crippen LogP contribution >= 0.6 is 34.7 Å². The third-order valence-electron chi connectivity index (χ3n) is 5.21. The number of thiophene rings is 1. The van der Waals surface area contributed by atoms with E-state index in [9.17, 15) is 14.4 Å². The number of amides is 2. The standard InChI is InChI=1S/C24H28ClN5O5S2/c1-11(2)35-23(33)18-14(5)20(21(26)32)37-22(18)27-17(31)10-36-24-29-28-16(30(24)6)9-34-15-7-12(3)19(25)13(4)8-15/h7-8,11H,9-10H2,1-6H3,(H2,26,32)(H,27,31). The van der Waals surface area contributed by atoms with Crippen molar-refractivity contribution in [1.82, 2.24) is 14.8 Å². The molecule has 0 bridgehead atoms. The van der Waals surface area contributed by atoms with Gasteiger partial charge >= 0.3 is 5.97 Å². The van der Waals surface area contributed by atoms with E-state index < -0.39 is 17.8 Å². The van der Waals surface area contributed by atoms with Crippen LogP contribution in [0.15, 0.2) is 17.3 Å². The minimum atomic E-state index is -0.686. The van der Waals surface area contributed by atoms with Crippen molar-refractivity contribution in [2.24, 2.45) is 12.8 Å². The molecule has 0 unspecified atom stereocenters. The van der Waals surface area contributed by atoms with Crippen LogP contribution in [0.25, 0.3) is 0 Å². The average Bonchev–Trinajstić information content (AvgIpc) is 3.32. The lowest BCUT2D eigenvalue weighted by atomic mass is 10.1. The molecule has 2 heterocycles. The summed E-state index contributed by atoms with van der Waals surface area (Å²) < 4.78 is 12.9. The number of thioether (sulfide) groups is 1. The molecule has 37 heavy (non-hydrogen) atoms. The van der Waals surface area contributed by atoms with Crippen molar-refractivity contribution in [2.75, 3.05) is 11.1 Å². The van der Waals surface area contributed by atoms with Gasteiger partial charge in [-0.05, 0) is 63.4 Å². The molecule has 198 valence electrons. The number of primary amides is 1. The van der Waals surface area contributed by atoms with Crippen LogP contribution in [-0.4, -0.2) is 44.4 Å². The molecule has 10 nitrogen and oxygen atoms in total. The SMILES string of the molecule is Cc1cc(OCc2nnc(SCC(=O)Nc3sc(C(N)=O)c(C)c3C(=O)OC(C)C)n2C)cc(C)c1Cl. The maximum absolute atomic E-state index is 12.7. The van der Waals surface area contributed by atoms with E-state index in [1.165, 1.54) is 11.8 Å². The number of carbonyl (C=O) groups is 3. The van der Waals surface area contributed by atoms with E-state index in [2.05, 4.69) is 15.5 Å². The van der Waals surface area contributed by atoms with Gasteiger partial charge in [0, 0.05) is 12.1 Å². The van der Waals surface area contributed by atoms with Crippen molar-refractivity contribution in [3.63, 3.8) is 0 Å². The highest BCUT2D eigenvalue weighted by Gasteiger charge is 2.26. The zero-order valence-electron chi connectivity index (χ0n) is 21.3. The van der Waals surface area contributed by atoms with Crippen LogP contribution in [0, 0.1) is 20.8 Å². The predicted octanol–water partition coefficient (Wildman–Crippen LogP) is 4.43. The fourth-order valence-corrected chi connectivity index (χ4v) is 5.28. The van der Waals surface area contributed by atoms with Gasteiger partial charge in [-0.3, -0.25) is 9.59 Å². The molecule has 0 aliphatic carbocycles. The molecule has 2 aromatic heterocycles. The topological polar surface area (TPSA) is 138 Å². The Kier molecular flexibility index (Phi) is 9.21. The Morgan fingerprint density at radius 3 is 2.43 bits per heavy atom. The summed E-state index contributed by atoms with van der Waals surface area (Å²) in [6.07, 6.45) is -0.371.